The Morgan fingerprint density at radius 2 is 1.66 bits per heavy atom. The van der Waals surface area contributed by atoms with Gasteiger partial charge in [-0.15, -0.1) is 0 Å². The zero-order chi connectivity index (χ0) is 20.5. The van der Waals surface area contributed by atoms with Crippen LogP contribution in [0.2, 0.25) is 0 Å². The maximum absolute atomic E-state index is 13.9. The monoisotopic (exact) mass is 392 g/mol. The van der Waals surface area contributed by atoms with Gasteiger partial charge in [0.05, 0.1) is 11.1 Å². The number of ether oxygens (including phenoxy) is 2. The Morgan fingerprint density at radius 3 is 2.38 bits per heavy atom. The Kier molecular flexibility index (Phi) is 4.68. The highest BCUT2D eigenvalue weighted by Gasteiger charge is 2.31. The third-order valence-electron chi connectivity index (χ3n) is 4.52. The summed E-state index contributed by atoms with van der Waals surface area (Å²) < 4.78 is 38.6. The van der Waals surface area contributed by atoms with E-state index in [-0.39, 0.29) is 33.9 Å². The summed E-state index contributed by atoms with van der Waals surface area (Å²) in [5, 5.41) is 0. The van der Waals surface area contributed by atoms with E-state index in [9.17, 15) is 18.4 Å². The molecule has 3 aromatic rings. The van der Waals surface area contributed by atoms with Crippen LogP contribution in [0, 0.1) is 18.6 Å². The molecule has 0 saturated carbocycles. The van der Waals surface area contributed by atoms with Gasteiger partial charge in [-0.3, -0.25) is 4.79 Å². The van der Waals surface area contributed by atoms with Crippen LogP contribution in [-0.2, 0) is 0 Å². The number of rotatable bonds is 3. The summed E-state index contributed by atoms with van der Waals surface area (Å²) in [7, 11) is 0. The Balaban J connectivity index is 1.64. The molecule has 0 fully saturated rings. The minimum atomic E-state index is -0.863. The lowest BCUT2D eigenvalue weighted by molar-refractivity contribution is 0.0728. The van der Waals surface area contributed by atoms with Crippen molar-refractivity contribution < 1.29 is 27.8 Å². The molecule has 0 bridgehead atoms. The molecule has 1 aliphatic rings. The van der Waals surface area contributed by atoms with Gasteiger partial charge in [0.15, 0.2) is 5.76 Å². The molecule has 0 amide bonds. The van der Waals surface area contributed by atoms with E-state index >= 15 is 0 Å². The number of Topliss-reactive ketones (excluding diaryl/α,β-unsaturated/α-hetero) is 1. The number of fused-ring (bicyclic) bond motifs is 1. The van der Waals surface area contributed by atoms with E-state index in [1.807, 2.05) is 0 Å². The van der Waals surface area contributed by atoms with Gasteiger partial charge in [-0.25, -0.2) is 13.6 Å². The van der Waals surface area contributed by atoms with Gasteiger partial charge in [-0.05, 0) is 43.3 Å². The van der Waals surface area contributed by atoms with E-state index in [0.29, 0.717) is 5.56 Å². The molecular weight excluding hydrogens is 378 g/mol. The van der Waals surface area contributed by atoms with Gasteiger partial charge in [0.25, 0.3) is 0 Å². The Hall–Kier alpha value is -3.80. The van der Waals surface area contributed by atoms with Crippen LogP contribution in [0.1, 0.15) is 31.8 Å². The average molecular weight is 392 g/mol. The lowest BCUT2D eigenvalue weighted by Crippen LogP contribution is -2.11. The highest BCUT2D eigenvalue weighted by Crippen LogP contribution is 2.39. The summed E-state index contributed by atoms with van der Waals surface area (Å²) >= 11 is 0. The van der Waals surface area contributed by atoms with Gasteiger partial charge in [-0.2, -0.15) is 0 Å². The number of carbonyl (C=O) groups excluding carboxylic acids is 2. The molecule has 4 nitrogen and oxygen atoms in total. The number of esters is 1. The van der Waals surface area contributed by atoms with E-state index < -0.39 is 23.4 Å². The summed E-state index contributed by atoms with van der Waals surface area (Å²) in [6.07, 6.45) is 1.32. The van der Waals surface area contributed by atoms with Crippen LogP contribution in [0.4, 0.5) is 8.78 Å². The first-order valence-corrected chi connectivity index (χ1v) is 8.75. The zero-order valence-corrected chi connectivity index (χ0v) is 15.2. The fraction of sp³-hybridized carbons (Fsp3) is 0.0435. The van der Waals surface area contributed by atoms with E-state index in [1.54, 1.807) is 19.1 Å². The third-order valence-corrected chi connectivity index (χ3v) is 4.52. The second-order valence-corrected chi connectivity index (χ2v) is 6.40. The molecule has 0 aliphatic carbocycles. The summed E-state index contributed by atoms with van der Waals surface area (Å²) in [5.41, 5.74) is 0.685. The molecule has 0 unspecified atom stereocenters. The Labute approximate surface area is 165 Å². The average Bonchev–Trinajstić information content (AvgIpc) is 3.02. The normalized spacial score (nSPS) is 13.9. The zero-order valence-electron chi connectivity index (χ0n) is 15.2. The number of hydrogen-bond acceptors (Lipinski definition) is 4. The molecule has 0 saturated heterocycles. The standard InChI is InChI=1S/C23H14F2O4/c1-13-19(29-23(27)15-7-3-5-9-18(15)25)11-10-16-21(26)20(28-22(13)16)12-14-6-2-4-8-17(14)24/h2-12H,1H3/b20-12-. The van der Waals surface area contributed by atoms with Crippen molar-refractivity contribution in [1.82, 2.24) is 0 Å². The van der Waals surface area contributed by atoms with Gasteiger partial charge in [-0.1, -0.05) is 30.3 Å². The molecule has 1 aliphatic heterocycles. The van der Waals surface area contributed by atoms with Crippen molar-refractivity contribution in [1.29, 1.82) is 0 Å². The number of allylic oxidation sites excluding steroid dienone is 1. The van der Waals surface area contributed by atoms with E-state index in [2.05, 4.69) is 0 Å². The molecule has 144 valence electrons. The third kappa shape index (κ3) is 3.40. The molecular formula is C23H14F2O4. The highest BCUT2D eigenvalue weighted by molar-refractivity contribution is 6.15. The fourth-order valence-corrected chi connectivity index (χ4v) is 2.99. The first kappa shape index (κ1) is 18.6. The van der Waals surface area contributed by atoms with Crippen molar-refractivity contribution >= 4 is 17.8 Å². The van der Waals surface area contributed by atoms with Gasteiger partial charge in [0.2, 0.25) is 5.78 Å². The van der Waals surface area contributed by atoms with Gasteiger partial charge in [0.1, 0.15) is 23.1 Å². The van der Waals surface area contributed by atoms with Crippen LogP contribution >= 0.6 is 0 Å². The molecule has 29 heavy (non-hydrogen) atoms. The van der Waals surface area contributed by atoms with Crippen LogP contribution in [0.3, 0.4) is 0 Å². The van der Waals surface area contributed by atoms with Gasteiger partial charge < -0.3 is 9.47 Å². The lowest BCUT2D eigenvalue weighted by Gasteiger charge is -2.10. The predicted octanol–water partition coefficient (Wildman–Crippen LogP) is 5.11. The molecule has 0 radical (unpaired) electrons. The lowest BCUT2D eigenvalue weighted by atomic mass is 10.1. The molecule has 0 atom stereocenters. The number of hydrogen-bond donors (Lipinski definition) is 0. The van der Waals surface area contributed by atoms with E-state index in [0.717, 1.165) is 6.07 Å². The Morgan fingerprint density at radius 1 is 0.966 bits per heavy atom. The summed E-state index contributed by atoms with van der Waals surface area (Å²) in [6, 6.07) is 14.4. The molecule has 0 spiro atoms. The topological polar surface area (TPSA) is 52.6 Å². The smallest absolute Gasteiger partial charge is 0.346 e. The molecule has 3 aromatic carbocycles. The van der Waals surface area contributed by atoms with Gasteiger partial charge >= 0.3 is 5.97 Å². The molecule has 4 rings (SSSR count). The van der Waals surface area contributed by atoms with Crippen LogP contribution in [0.15, 0.2) is 66.4 Å². The fourth-order valence-electron chi connectivity index (χ4n) is 2.99. The summed E-state index contributed by atoms with van der Waals surface area (Å²) in [4.78, 5) is 24.9. The molecule has 1 heterocycles. The second-order valence-electron chi connectivity index (χ2n) is 6.40. The van der Waals surface area contributed by atoms with Crippen molar-refractivity contribution in [2.24, 2.45) is 0 Å². The van der Waals surface area contributed by atoms with Crippen LogP contribution in [0.25, 0.3) is 6.08 Å². The molecule has 0 N–H and O–H groups in total. The maximum atomic E-state index is 13.9. The first-order valence-electron chi connectivity index (χ1n) is 8.75. The quantitative estimate of drug-likeness (QED) is 0.353. The van der Waals surface area contributed by atoms with Crippen LogP contribution in [0.5, 0.6) is 11.5 Å². The SMILES string of the molecule is Cc1c(OC(=O)c2ccccc2F)ccc2c1O/C(=C\c1ccccc1F)C2=O. The largest absolute Gasteiger partial charge is 0.452 e. The Bertz CT molecular complexity index is 1180. The van der Waals surface area contributed by atoms with Crippen molar-refractivity contribution in [3.63, 3.8) is 0 Å². The van der Waals surface area contributed by atoms with Crippen LogP contribution in [-0.4, -0.2) is 11.8 Å². The van der Waals surface area contributed by atoms with Gasteiger partial charge in [0, 0.05) is 11.1 Å². The minimum absolute atomic E-state index is 0.0363. The molecule has 6 heteroatoms. The first-order chi connectivity index (χ1) is 14.0. The highest BCUT2D eigenvalue weighted by atomic mass is 19.1. The number of halogens is 2. The summed E-state index contributed by atoms with van der Waals surface area (Å²) in [5.74, 6) is -2.13. The van der Waals surface area contributed by atoms with Crippen molar-refractivity contribution in [3.05, 3.63) is 100 Å². The van der Waals surface area contributed by atoms with Crippen LogP contribution < -0.4 is 9.47 Å². The van der Waals surface area contributed by atoms with E-state index in [4.69, 9.17) is 9.47 Å². The predicted molar refractivity (Wildman–Crippen MR) is 102 cm³/mol. The number of benzene rings is 3. The van der Waals surface area contributed by atoms with Crippen molar-refractivity contribution in [2.75, 3.05) is 0 Å². The van der Waals surface area contributed by atoms with Crippen molar-refractivity contribution in [3.8, 4) is 11.5 Å². The number of ketones is 1. The molecule has 0 aromatic heterocycles. The minimum Gasteiger partial charge on any atom is -0.452 e. The number of carbonyl (C=O) groups is 2. The van der Waals surface area contributed by atoms with E-state index in [1.165, 1.54) is 48.5 Å². The van der Waals surface area contributed by atoms with Crippen molar-refractivity contribution in [2.45, 2.75) is 6.92 Å². The summed E-state index contributed by atoms with van der Waals surface area (Å²) in [6.45, 7) is 1.61. The maximum Gasteiger partial charge on any atom is 0.346 e. The second kappa shape index (κ2) is 7.31.